The van der Waals surface area contributed by atoms with Crippen molar-refractivity contribution in [2.75, 3.05) is 0 Å². The van der Waals surface area contributed by atoms with E-state index in [-0.39, 0.29) is 11.1 Å². The highest BCUT2D eigenvalue weighted by atomic mass is 32.1. The Hall–Kier alpha value is -4.04. The first-order chi connectivity index (χ1) is 15.4. The van der Waals surface area contributed by atoms with Crippen molar-refractivity contribution in [1.29, 1.82) is 0 Å². The molecule has 0 saturated carbocycles. The maximum absolute atomic E-state index is 13.4. The number of nitrogens with zero attached hydrogens (tertiary/aromatic N) is 4. The van der Waals surface area contributed by atoms with Gasteiger partial charge in [0.1, 0.15) is 5.82 Å². The fraction of sp³-hybridized carbons (Fsp3) is 0.0833. The van der Waals surface area contributed by atoms with E-state index in [0.717, 1.165) is 21.2 Å². The Bertz CT molecular complexity index is 1590. The van der Waals surface area contributed by atoms with Crippen molar-refractivity contribution in [3.8, 4) is 5.69 Å². The number of hydrogen-bond acceptors (Lipinski definition) is 5. The highest BCUT2D eigenvalue weighted by Crippen LogP contribution is 2.23. The largest absolute Gasteiger partial charge is 0.478 e. The topological polar surface area (TPSA) is 89.5 Å². The minimum Gasteiger partial charge on any atom is -0.478 e. The summed E-state index contributed by atoms with van der Waals surface area (Å²) in [6, 6.07) is 13.4. The van der Waals surface area contributed by atoms with Crippen LogP contribution in [0.15, 0.2) is 59.5 Å². The molecule has 8 heteroatoms. The Morgan fingerprint density at radius 3 is 2.53 bits per heavy atom. The summed E-state index contributed by atoms with van der Waals surface area (Å²) in [6.45, 7) is 3.98. The number of rotatable bonds is 4. The van der Waals surface area contributed by atoms with Crippen molar-refractivity contribution in [1.82, 2.24) is 18.9 Å². The standard InChI is InChI=1S/C24H18N4O3S/c1-14-13-27-20(15(2)25-24(27)32-14)11-12-21-26-19-6-4-3-5-18(19)22(29)28(21)17-9-7-16(8-10-17)23(30)31/h3-13H,1-2H3,(H,30,31)/b12-11+. The van der Waals surface area contributed by atoms with Crippen molar-refractivity contribution in [3.05, 3.63) is 92.7 Å². The minimum atomic E-state index is -1.02. The fourth-order valence-corrected chi connectivity index (χ4v) is 4.58. The first-order valence-electron chi connectivity index (χ1n) is 9.91. The van der Waals surface area contributed by atoms with E-state index in [1.165, 1.54) is 16.7 Å². The predicted octanol–water partition coefficient (Wildman–Crippen LogP) is 4.58. The molecular weight excluding hydrogens is 424 g/mol. The van der Waals surface area contributed by atoms with Gasteiger partial charge >= 0.3 is 5.97 Å². The van der Waals surface area contributed by atoms with Crippen LogP contribution in [-0.2, 0) is 0 Å². The van der Waals surface area contributed by atoms with Crippen LogP contribution in [0.25, 0.3) is 33.7 Å². The highest BCUT2D eigenvalue weighted by molar-refractivity contribution is 7.17. The van der Waals surface area contributed by atoms with Gasteiger partial charge in [0.05, 0.1) is 33.5 Å². The van der Waals surface area contributed by atoms with E-state index in [9.17, 15) is 14.7 Å². The Balaban J connectivity index is 1.71. The van der Waals surface area contributed by atoms with Gasteiger partial charge in [0, 0.05) is 11.1 Å². The van der Waals surface area contributed by atoms with Crippen LogP contribution >= 0.6 is 11.3 Å². The molecule has 0 saturated heterocycles. The van der Waals surface area contributed by atoms with Crippen LogP contribution in [0.1, 0.15) is 32.4 Å². The molecule has 5 rings (SSSR count). The Kier molecular flexibility index (Phi) is 4.71. The SMILES string of the molecule is Cc1cn2c(/C=C/c3nc4ccccc4c(=O)n3-c3ccc(C(=O)O)cc3)c(C)nc2s1. The van der Waals surface area contributed by atoms with E-state index in [1.54, 1.807) is 47.7 Å². The lowest BCUT2D eigenvalue weighted by molar-refractivity contribution is 0.0697. The van der Waals surface area contributed by atoms with Gasteiger partial charge in [0.25, 0.3) is 5.56 Å². The lowest BCUT2D eigenvalue weighted by Gasteiger charge is -2.11. The molecular formula is C24H18N4O3S. The van der Waals surface area contributed by atoms with Crippen LogP contribution < -0.4 is 5.56 Å². The Morgan fingerprint density at radius 1 is 1.03 bits per heavy atom. The zero-order chi connectivity index (χ0) is 22.4. The molecule has 0 aliphatic rings. The summed E-state index contributed by atoms with van der Waals surface area (Å²) in [4.78, 5) is 36.0. The number of carbonyl (C=O) groups is 1. The summed E-state index contributed by atoms with van der Waals surface area (Å²) in [5.41, 5.74) is 2.86. The van der Waals surface area contributed by atoms with Gasteiger partial charge in [-0.2, -0.15) is 0 Å². The van der Waals surface area contributed by atoms with Crippen molar-refractivity contribution >= 4 is 45.3 Å². The molecule has 0 radical (unpaired) electrons. The average Bonchev–Trinajstić information content (AvgIpc) is 3.27. The molecule has 3 aromatic heterocycles. The van der Waals surface area contributed by atoms with Gasteiger partial charge in [0.2, 0.25) is 0 Å². The first kappa shape index (κ1) is 19.9. The van der Waals surface area contributed by atoms with Gasteiger partial charge in [-0.05, 0) is 62.4 Å². The molecule has 5 aromatic rings. The van der Waals surface area contributed by atoms with Crippen molar-refractivity contribution < 1.29 is 9.90 Å². The monoisotopic (exact) mass is 442 g/mol. The van der Waals surface area contributed by atoms with Gasteiger partial charge in [0.15, 0.2) is 4.96 Å². The maximum atomic E-state index is 13.4. The number of imidazole rings is 1. The summed E-state index contributed by atoms with van der Waals surface area (Å²) < 4.78 is 3.52. The number of aryl methyl sites for hydroxylation is 2. The van der Waals surface area contributed by atoms with Crippen LogP contribution in [0.4, 0.5) is 0 Å². The highest BCUT2D eigenvalue weighted by Gasteiger charge is 2.13. The molecule has 158 valence electrons. The average molecular weight is 443 g/mol. The molecule has 1 N–H and O–H groups in total. The van der Waals surface area contributed by atoms with Crippen molar-refractivity contribution in [2.45, 2.75) is 13.8 Å². The van der Waals surface area contributed by atoms with Crippen LogP contribution in [0.2, 0.25) is 0 Å². The van der Waals surface area contributed by atoms with Crippen LogP contribution in [-0.4, -0.2) is 30.0 Å². The van der Waals surface area contributed by atoms with E-state index < -0.39 is 5.97 Å². The number of para-hydroxylation sites is 1. The molecule has 32 heavy (non-hydrogen) atoms. The molecule has 0 amide bonds. The second-order valence-electron chi connectivity index (χ2n) is 7.39. The lowest BCUT2D eigenvalue weighted by atomic mass is 10.2. The molecule has 0 spiro atoms. The minimum absolute atomic E-state index is 0.151. The Morgan fingerprint density at radius 2 is 1.78 bits per heavy atom. The quantitative estimate of drug-likeness (QED) is 0.440. The summed E-state index contributed by atoms with van der Waals surface area (Å²) >= 11 is 1.62. The maximum Gasteiger partial charge on any atom is 0.335 e. The normalized spacial score (nSPS) is 11.7. The van der Waals surface area contributed by atoms with E-state index in [4.69, 9.17) is 4.98 Å². The van der Waals surface area contributed by atoms with Gasteiger partial charge in [-0.25, -0.2) is 14.8 Å². The smallest absolute Gasteiger partial charge is 0.335 e. The van der Waals surface area contributed by atoms with E-state index in [1.807, 2.05) is 36.6 Å². The second-order valence-corrected chi connectivity index (χ2v) is 8.60. The predicted molar refractivity (Wildman–Crippen MR) is 126 cm³/mol. The van der Waals surface area contributed by atoms with E-state index in [0.29, 0.717) is 22.4 Å². The number of carboxylic acids is 1. The van der Waals surface area contributed by atoms with E-state index >= 15 is 0 Å². The van der Waals surface area contributed by atoms with Gasteiger partial charge in [-0.3, -0.25) is 13.8 Å². The molecule has 3 heterocycles. The molecule has 2 aromatic carbocycles. The Labute approximate surface area is 186 Å². The summed E-state index contributed by atoms with van der Waals surface area (Å²) in [6.07, 6.45) is 5.73. The van der Waals surface area contributed by atoms with Gasteiger partial charge in [-0.1, -0.05) is 12.1 Å². The van der Waals surface area contributed by atoms with Crippen molar-refractivity contribution in [2.24, 2.45) is 0 Å². The lowest BCUT2D eigenvalue weighted by Crippen LogP contribution is -2.22. The molecule has 0 unspecified atom stereocenters. The third-order valence-corrected chi connectivity index (χ3v) is 6.13. The van der Waals surface area contributed by atoms with Crippen LogP contribution in [0, 0.1) is 13.8 Å². The fourth-order valence-electron chi connectivity index (χ4n) is 3.70. The van der Waals surface area contributed by atoms with Crippen LogP contribution in [0.3, 0.4) is 0 Å². The van der Waals surface area contributed by atoms with Gasteiger partial charge < -0.3 is 5.11 Å². The first-order valence-corrected chi connectivity index (χ1v) is 10.7. The number of hydrogen-bond donors (Lipinski definition) is 1. The second kappa shape index (κ2) is 7.58. The number of thiazole rings is 1. The molecule has 0 fully saturated rings. The number of carboxylic acid groups (broad SMARTS) is 1. The third-order valence-electron chi connectivity index (χ3n) is 5.23. The summed E-state index contributed by atoms with van der Waals surface area (Å²) in [5.74, 6) is -0.579. The third kappa shape index (κ3) is 3.30. The van der Waals surface area contributed by atoms with Crippen LogP contribution in [0.5, 0.6) is 0 Å². The van der Waals surface area contributed by atoms with Crippen molar-refractivity contribution in [3.63, 3.8) is 0 Å². The number of aromatic carboxylic acids is 1. The zero-order valence-corrected chi connectivity index (χ0v) is 18.1. The number of aromatic nitrogens is 4. The summed E-state index contributed by atoms with van der Waals surface area (Å²) in [5, 5.41) is 9.69. The zero-order valence-electron chi connectivity index (χ0n) is 17.3. The molecule has 0 atom stereocenters. The summed E-state index contributed by atoms with van der Waals surface area (Å²) in [7, 11) is 0. The number of benzene rings is 2. The number of fused-ring (bicyclic) bond motifs is 2. The van der Waals surface area contributed by atoms with E-state index in [2.05, 4.69) is 4.98 Å². The van der Waals surface area contributed by atoms with Gasteiger partial charge in [-0.15, -0.1) is 11.3 Å². The molecule has 7 nitrogen and oxygen atoms in total. The molecule has 0 aliphatic carbocycles. The molecule has 0 bridgehead atoms. The molecule has 0 aliphatic heterocycles.